The lowest BCUT2D eigenvalue weighted by Gasteiger charge is -2.40. The maximum atomic E-state index is 12.8. The fourth-order valence-electron chi connectivity index (χ4n) is 1.98. The van der Waals surface area contributed by atoms with Gasteiger partial charge in [0, 0.05) is 0 Å². The fraction of sp³-hybridized carbons (Fsp3) is 0.455. The van der Waals surface area contributed by atoms with Gasteiger partial charge in [0.1, 0.15) is 0 Å². The Morgan fingerprint density at radius 3 is 2.47 bits per heavy atom. The summed E-state index contributed by atoms with van der Waals surface area (Å²) in [6.45, 7) is 0.655. The van der Waals surface area contributed by atoms with Gasteiger partial charge in [0.25, 0.3) is 0 Å². The molecule has 2 heterocycles. The van der Waals surface area contributed by atoms with Gasteiger partial charge in [-0.1, -0.05) is 6.07 Å². The van der Waals surface area contributed by atoms with E-state index in [9.17, 15) is 13.9 Å². The first kappa shape index (κ1) is 10.7. The molecule has 1 saturated heterocycles. The van der Waals surface area contributed by atoms with Crippen LogP contribution in [0, 0.1) is 0 Å². The van der Waals surface area contributed by atoms with E-state index in [1.54, 1.807) is 6.07 Å². The Balaban J connectivity index is 1.96. The van der Waals surface area contributed by atoms with Crippen molar-refractivity contribution >= 4 is 0 Å². The molecule has 0 amide bonds. The zero-order chi connectivity index (χ0) is 12.1. The molecule has 0 unspecified atom stereocenters. The highest BCUT2D eigenvalue weighted by atomic mass is 19.3. The van der Waals surface area contributed by atoms with Gasteiger partial charge < -0.3 is 19.3 Å². The average molecular weight is 244 g/mol. The molecule has 1 aromatic carbocycles. The van der Waals surface area contributed by atoms with Gasteiger partial charge in [-0.2, -0.15) is 0 Å². The van der Waals surface area contributed by atoms with Gasteiger partial charge in [-0.25, -0.2) is 0 Å². The van der Waals surface area contributed by atoms with Crippen LogP contribution in [-0.2, 0) is 10.2 Å². The number of hydrogen-bond acceptors (Lipinski definition) is 4. The van der Waals surface area contributed by atoms with Crippen molar-refractivity contribution in [3.63, 3.8) is 0 Å². The summed E-state index contributed by atoms with van der Waals surface area (Å²) in [5, 5.41) is 9.34. The second-order valence-electron chi connectivity index (χ2n) is 4.26. The van der Waals surface area contributed by atoms with Crippen molar-refractivity contribution in [3.05, 3.63) is 23.8 Å². The molecule has 0 aromatic heterocycles. The minimum atomic E-state index is -3.61. The maximum absolute atomic E-state index is 12.8. The molecule has 3 rings (SSSR count). The third kappa shape index (κ3) is 1.56. The Hall–Kier alpha value is -1.40. The van der Waals surface area contributed by atoms with Crippen LogP contribution in [0.1, 0.15) is 5.56 Å². The quantitative estimate of drug-likeness (QED) is 0.851. The van der Waals surface area contributed by atoms with Crippen LogP contribution in [0.4, 0.5) is 8.78 Å². The molecule has 6 heteroatoms. The van der Waals surface area contributed by atoms with Crippen molar-refractivity contribution in [1.29, 1.82) is 0 Å². The van der Waals surface area contributed by atoms with Crippen LogP contribution in [0.3, 0.4) is 0 Å². The maximum Gasteiger partial charge on any atom is 0.586 e. The minimum absolute atomic E-state index is 0.00656. The molecule has 92 valence electrons. The monoisotopic (exact) mass is 244 g/mol. The van der Waals surface area contributed by atoms with E-state index in [2.05, 4.69) is 9.47 Å². The lowest BCUT2D eigenvalue weighted by molar-refractivity contribution is -0.286. The van der Waals surface area contributed by atoms with Gasteiger partial charge in [-0.05, 0) is 17.7 Å². The van der Waals surface area contributed by atoms with Crippen LogP contribution in [0.25, 0.3) is 0 Å². The van der Waals surface area contributed by atoms with Crippen molar-refractivity contribution < 1.29 is 28.1 Å². The van der Waals surface area contributed by atoms with Gasteiger partial charge >= 0.3 is 6.29 Å². The molecule has 1 N–H and O–H groups in total. The van der Waals surface area contributed by atoms with Gasteiger partial charge in [0.05, 0.1) is 25.2 Å². The molecule has 2 aliphatic heterocycles. The Kier molecular flexibility index (Phi) is 2.08. The van der Waals surface area contributed by atoms with E-state index in [1.165, 1.54) is 12.1 Å². The molecule has 4 nitrogen and oxygen atoms in total. The number of rotatable bonds is 2. The van der Waals surface area contributed by atoms with Crippen LogP contribution in [0.15, 0.2) is 18.2 Å². The molecule has 0 atom stereocenters. The fourth-order valence-corrected chi connectivity index (χ4v) is 1.98. The van der Waals surface area contributed by atoms with E-state index < -0.39 is 11.7 Å². The van der Waals surface area contributed by atoms with Crippen molar-refractivity contribution in [2.45, 2.75) is 11.7 Å². The highest BCUT2D eigenvalue weighted by molar-refractivity contribution is 5.47. The Morgan fingerprint density at radius 1 is 1.18 bits per heavy atom. The molecule has 0 radical (unpaired) electrons. The highest BCUT2D eigenvalue weighted by Gasteiger charge is 2.45. The summed E-state index contributed by atoms with van der Waals surface area (Å²) < 4.78 is 39.4. The third-order valence-corrected chi connectivity index (χ3v) is 3.07. The van der Waals surface area contributed by atoms with Crippen LogP contribution < -0.4 is 9.47 Å². The lowest BCUT2D eigenvalue weighted by Crippen LogP contribution is -2.49. The minimum Gasteiger partial charge on any atom is -0.395 e. The third-order valence-electron chi connectivity index (χ3n) is 3.07. The molecular weight excluding hydrogens is 234 g/mol. The summed E-state index contributed by atoms with van der Waals surface area (Å²) in [5.41, 5.74) is 0.210. The number of halogens is 2. The summed E-state index contributed by atoms with van der Waals surface area (Å²) in [7, 11) is 0. The first-order valence-corrected chi connectivity index (χ1v) is 5.14. The van der Waals surface area contributed by atoms with Crippen molar-refractivity contribution in [1.82, 2.24) is 0 Å². The van der Waals surface area contributed by atoms with Gasteiger partial charge in [0.2, 0.25) is 0 Å². The van der Waals surface area contributed by atoms with Crippen LogP contribution in [-0.4, -0.2) is 31.2 Å². The van der Waals surface area contributed by atoms with Crippen LogP contribution >= 0.6 is 0 Å². The number of ether oxygens (including phenoxy) is 3. The zero-order valence-electron chi connectivity index (χ0n) is 8.78. The largest absolute Gasteiger partial charge is 0.586 e. The highest BCUT2D eigenvalue weighted by Crippen LogP contribution is 2.44. The number of fused-ring (bicyclic) bond motifs is 1. The molecule has 1 fully saturated rings. The summed E-state index contributed by atoms with van der Waals surface area (Å²) >= 11 is 0. The van der Waals surface area contributed by atoms with Crippen LogP contribution in [0.5, 0.6) is 11.5 Å². The molecule has 0 saturated carbocycles. The molecule has 1 aromatic rings. The standard InChI is InChI=1S/C11H10F2O4/c12-11(13)16-8-2-1-7(3-9(8)17-11)10(4-14)5-15-6-10/h1-3,14H,4-6H2. The summed E-state index contributed by atoms with van der Waals surface area (Å²) in [4.78, 5) is 0. The Bertz CT molecular complexity index is 451. The first-order chi connectivity index (χ1) is 8.05. The topological polar surface area (TPSA) is 47.9 Å². The Labute approximate surface area is 95.7 Å². The molecule has 2 aliphatic rings. The van der Waals surface area contributed by atoms with E-state index in [-0.39, 0.29) is 18.1 Å². The summed E-state index contributed by atoms with van der Waals surface area (Å²) in [6, 6.07) is 4.53. The normalized spacial score (nSPS) is 23.2. The van der Waals surface area contributed by atoms with Crippen LogP contribution in [0.2, 0.25) is 0 Å². The number of alkyl halides is 2. The number of aliphatic hydroxyl groups excluding tert-OH is 1. The van der Waals surface area contributed by atoms with Crippen molar-refractivity contribution in [2.24, 2.45) is 0 Å². The summed E-state index contributed by atoms with van der Waals surface area (Å²) in [5.74, 6) is -0.000642. The van der Waals surface area contributed by atoms with E-state index in [0.29, 0.717) is 18.8 Å². The van der Waals surface area contributed by atoms with Gasteiger partial charge in [-0.15, -0.1) is 8.78 Å². The van der Waals surface area contributed by atoms with Gasteiger partial charge in [-0.3, -0.25) is 0 Å². The molecule has 0 aliphatic carbocycles. The van der Waals surface area contributed by atoms with Crippen molar-refractivity contribution in [2.75, 3.05) is 19.8 Å². The number of aliphatic hydroxyl groups is 1. The van der Waals surface area contributed by atoms with E-state index in [1.807, 2.05) is 0 Å². The van der Waals surface area contributed by atoms with E-state index in [0.717, 1.165) is 0 Å². The number of benzene rings is 1. The predicted molar refractivity (Wildman–Crippen MR) is 52.2 cm³/mol. The average Bonchev–Trinajstić information content (AvgIpc) is 2.50. The zero-order valence-corrected chi connectivity index (χ0v) is 8.78. The predicted octanol–water partition coefficient (Wildman–Crippen LogP) is 1.27. The lowest BCUT2D eigenvalue weighted by atomic mass is 9.79. The molecule has 0 bridgehead atoms. The molecular formula is C11H10F2O4. The van der Waals surface area contributed by atoms with E-state index >= 15 is 0 Å². The van der Waals surface area contributed by atoms with Crippen molar-refractivity contribution in [3.8, 4) is 11.5 Å². The van der Waals surface area contributed by atoms with Gasteiger partial charge in [0.15, 0.2) is 11.5 Å². The Morgan fingerprint density at radius 2 is 1.88 bits per heavy atom. The molecule has 0 spiro atoms. The second-order valence-corrected chi connectivity index (χ2v) is 4.26. The summed E-state index contributed by atoms with van der Waals surface area (Å²) in [6.07, 6.45) is -3.61. The number of hydrogen-bond donors (Lipinski definition) is 1. The second kappa shape index (κ2) is 3.30. The molecule has 17 heavy (non-hydrogen) atoms. The smallest absolute Gasteiger partial charge is 0.395 e. The SMILES string of the molecule is OCC1(c2ccc3c(c2)OC(F)(F)O3)COC1. The first-order valence-electron chi connectivity index (χ1n) is 5.14. The van der Waals surface area contributed by atoms with E-state index in [4.69, 9.17) is 4.74 Å².